The largest absolute Gasteiger partial charge is 0.396 e. The summed E-state index contributed by atoms with van der Waals surface area (Å²) in [6.07, 6.45) is -13.5. The van der Waals surface area contributed by atoms with Crippen LogP contribution < -0.4 is 0 Å². The third-order valence-electron chi connectivity index (χ3n) is 2.86. The lowest BCUT2D eigenvalue weighted by Crippen LogP contribution is -2.21. The van der Waals surface area contributed by atoms with Gasteiger partial charge in [-0.05, 0) is 23.6 Å². The Hall–Kier alpha value is -1.38. The summed E-state index contributed by atoms with van der Waals surface area (Å²) >= 11 is 0. The number of benzene rings is 1. The zero-order valence-electron chi connectivity index (χ0n) is 11.5. The van der Waals surface area contributed by atoms with Gasteiger partial charge in [0.2, 0.25) is 0 Å². The third-order valence-corrected chi connectivity index (χ3v) is 3.62. The average molecular weight is 364 g/mol. The fraction of sp³-hybridized carbons (Fsp3) is 0.417. The molecule has 1 rings (SSSR count). The minimum atomic E-state index is -5.46. The monoisotopic (exact) mass is 364 g/mol. The number of aryl methyl sites for hydroxylation is 1. The molecular formula is C12H11F6O4P. The second-order valence-electron chi connectivity index (χ2n) is 4.83. The maximum atomic E-state index is 12.6. The Kier molecular flexibility index (Phi) is 5.35. The van der Waals surface area contributed by atoms with Gasteiger partial charge in [0.25, 0.3) is 5.52 Å². The molecule has 0 fully saturated rings. The van der Waals surface area contributed by atoms with Gasteiger partial charge >= 0.3 is 19.9 Å². The Labute approximate surface area is 126 Å². The second-order valence-corrected chi connectivity index (χ2v) is 6.32. The molecule has 0 atom stereocenters. The molecule has 0 saturated carbocycles. The molecule has 0 amide bonds. The summed E-state index contributed by atoms with van der Waals surface area (Å²) in [5, 5.41) is 0. The molecule has 0 aromatic heterocycles. The zero-order chi connectivity index (χ0) is 18.2. The first-order chi connectivity index (χ1) is 10.1. The third kappa shape index (κ3) is 5.63. The van der Waals surface area contributed by atoms with Crippen LogP contribution in [0.3, 0.4) is 0 Å². The number of alkyl halides is 6. The van der Waals surface area contributed by atoms with Crippen molar-refractivity contribution in [1.29, 1.82) is 0 Å². The molecule has 0 heterocycles. The summed E-state index contributed by atoms with van der Waals surface area (Å²) in [6, 6.07) is 1.68. The molecule has 11 heteroatoms. The maximum absolute atomic E-state index is 12.6. The Morgan fingerprint density at radius 2 is 1.52 bits per heavy atom. The van der Waals surface area contributed by atoms with Crippen LogP contribution in [0.2, 0.25) is 0 Å². The highest BCUT2D eigenvalue weighted by atomic mass is 31.2. The fourth-order valence-electron chi connectivity index (χ4n) is 2.04. The highest BCUT2D eigenvalue weighted by Gasteiger charge is 2.38. The van der Waals surface area contributed by atoms with Gasteiger partial charge in [-0.2, -0.15) is 26.3 Å². The summed E-state index contributed by atoms with van der Waals surface area (Å²) in [5.74, 6) is 0. The molecule has 0 saturated heterocycles. The van der Waals surface area contributed by atoms with E-state index in [-0.39, 0.29) is 5.56 Å². The van der Waals surface area contributed by atoms with Crippen LogP contribution >= 0.6 is 7.60 Å². The van der Waals surface area contributed by atoms with Crippen LogP contribution in [0.4, 0.5) is 26.3 Å². The summed E-state index contributed by atoms with van der Waals surface area (Å²) in [6.45, 7) is 1.08. The van der Waals surface area contributed by atoms with Crippen LogP contribution in [0.5, 0.6) is 0 Å². The second kappa shape index (κ2) is 6.26. The Morgan fingerprint density at radius 1 is 1.04 bits per heavy atom. The lowest BCUT2D eigenvalue weighted by Gasteiger charge is -2.19. The van der Waals surface area contributed by atoms with Crippen molar-refractivity contribution >= 4 is 13.1 Å². The molecule has 0 aliphatic rings. The van der Waals surface area contributed by atoms with E-state index >= 15 is 0 Å². The predicted molar refractivity (Wildman–Crippen MR) is 67.1 cm³/mol. The van der Waals surface area contributed by atoms with E-state index in [0.717, 1.165) is 19.1 Å². The lowest BCUT2D eigenvalue weighted by molar-refractivity contribution is -0.132. The van der Waals surface area contributed by atoms with Gasteiger partial charge in [-0.15, -0.1) is 0 Å². The van der Waals surface area contributed by atoms with Gasteiger partial charge in [-0.1, -0.05) is 12.1 Å². The topological polar surface area (TPSA) is 74.6 Å². The summed E-state index contributed by atoms with van der Waals surface area (Å²) in [7, 11) is -5.46. The van der Waals surface area contributed by atoms with Crippen molar-refractivity contribution in [3.8, 4) is 0 Å². The smallest absolute Gasteiger partial charge is 0.319 e. The van der Waals surface area contributed by atoms with E-state index in [1.807, 2.05) is 0 Å². The van der Waals surface area contributed by atoms with Crippen molar-refractivity contribution in [2.75, 3.05) is 0 Å². The van der Waals surface area contributed by atoms with Crippen LogP contribution in [0.1, 0.15) is 27.0 Å². The van der Waals surface area contributed by atoms with Crippen LogP contribution in [-0.2, 0) is 17.4 Å². The van der Waals surface area contributed by atoms with Crippen molar-refractivity contribution in [3.05, 3.63) is 34.4 Å². The maximum Gasteiger partial charge on any atom is 0.396 e. The molecule has 0 bridgehead atoms. The first kappa shape index (κ1) is 19.7. The van der Waals surface area contributed by atoms with Crippen molar-refractivity contribution in [3.63, 3.8) is 0 Å². The van der Waals surface area contributed by atoms with E-state index in [0.29, 0.717) is 0 Å². The van der Waals surface area contributed by atoms with Crippen molar-refractivity contribution in [2.24, 2.45) is 0 Å². The van der Waals surface area contributed by atoms with Crippen molar-refractivity contribution in [2.45, 2.75) is 32.1 Å². The standard InChI is InChI=1S/C12H11F6O4P/c1-6-2-3-7(4-11(13,14)15)8(5-12(16,17)18)9(6)10(19)23(20,21)22/h2-3H,4-5H2,1H3,(H2,20,21,22). The molecule has 1 aromatic rings. The summed E-state index contributed by atoms with van der Waals surface area (Å²) in [4.78, 5) is 29.4. The molecule has 4 nitrogen and oxygen atoms in total. The molecule has 1 aromatic carbocycles. The first-order valence-corrected chi connectivity index (χ1v) is 7.58. The molecule has 130 valence electrons. The van der Waals surface area contributed by atoms with Gasteiger partial charge in [0, 0.05) is 5.56 Å². The number of hydrogen-bond acceptors (Lipinski definition) is 2. The minimum absolute atomic E-state index is 0.247. The minimum Gasteiger partial charge on any atom is -0.319 e. The number of rotatable bonds is 4. The van der Waals surface area contributed by atoms with Gasteiger partial charge in [-0.3, -0.25) is 9.36 Å². The van der Waals surface area contributed by atoms with E-state index < -0.39 is 55.0 Å². The fourth-order valence-corrected chi connectivity index (χ4v) is 2.64. The first-order valence-electron chi connectivity index (χ1n) is 5.97. The van der Waals surface area contributed by atoms with Gasteiger partial charge < -0.3 is 9.79 Å². The van der Waals surface area contributed by atoms with Crippen molar-refractivity contribution in [1.82, 2.24) is 0 Å². The van der Waals surface area contributed by atoms with Gasteiger partial charge in [0.1, 0.15) is 0 Å². The molecule has 0 aliphatic heterocycles. The average Bonchev–Trinajstić information content (AvgIpc) is 2.28. The highest BCUT2D eigenvalue weighted by Crippen LogP contribution is 2.43. The van der Waals surface area contributed by atoms with E-state index in [9.17, 15) is 35.7 Å². The molecular weight excluding hydrogens is 353 g/mol. The van der Waals surface area contributed by atoms with E-state index in [1.54, 1.807) is 0 Å². The van der Waals surface area contributed by atoms with Crippen LogP contribution in [-0.4, -0.2) is 27.7 Å². The Morgan fingerprint density at radius 3 is 1.91 bits per heavy atom. The van der Waals surface area contributed by atoms with Crippen molar-refractivity contribution < 1.29 is 45.5 Å². The van der Waals surface area contributed by atoms with E-state index in [1.165, 1.54) is 0 Å². The molecule has 2 N–H and O–H groups in total. The highest BCUT2D eigenvalue weighted by molar-refractivity contribution is 7.70. The van der Waals surface area contributed by atoms with Gasteiger partial charge in [0.15, 0.2) is 0 Å². The molecule has 0 aliphatic carbocycles. The van der Waals surface area contributed by atoms with E-state index in [4.69, 9.17) is 9.79 Å². The number of carbonyl (C=O) groups excluding carboxylic acids is 1. The SMILES string of the molecule is Cc1ccc(CC(F)(F)F)c(CC(F)(F)F)c1C(=O)P(=O)(O)O. The predicted octanol–water partition coefficient (Wildman–Crippen LogP) is 3.52. The quantitative estimate of drug-likeness (QED) is 0.633. The lowest BCUT2D eigenvalue weighted by atomic mass is 9.93. The number of hydrogen-bond donors (Lipinski definition) is 2. The van der Waals surface area contributed by atoms with E-state index in [2.05, 4.69) is 0 Å². The normalized spacial score (nSPS) is 13.3. The van der Waals surface area contributed by atoms with Gasteiger partial charge in [-0.25, -0.2) is 0 Å². The zero-order valence-corrected chi connectivity index (χ0v) is 12.4. The Bertz CT molecular complexity index is 659. The summed E-state index contributed by atoms with van der Waals surface area (Å²) in [5.41, 5.74) is -5.11. The van der Waals surface area contributed by atoms with Gasteiger partial charge in [0.05, 0.1) is 12.8 Å². The van der Waals surface area contributed by atoms with Crippen LogP contribution in [0.25, 0.3) is 0 Å². The molecule has 0 radical (unpaired) electrons. The van der Waals surface area contributed by atoms with Crippen LogP contribution in [0, 0.1) is 6.92 Å². The van der Waals surface area contributed by atoms with Crippen LogP contribution in [0.15, 0.2) is 12.1 Å². The number of halogens is 6. The number of carbonyl (C=O) groups is 1. The summed E-state index contributed by atoms with van der Waals surface area (Å²) < 4.78 is 86.5. The Balaban J connectivity index is 3.62. The molecule has 0 unspecified atom stereocenters. The molecule has 0 spiro atoms. The molecule has 23 heavy (non-hydrogen) atoms.